The van der Waals surface area contributed by atoms with Crippen LogP contribution in [0.25, 0.3) is 0 Å². The molecule has 82 valence electrons. The van der Waals surface area contributed by atoms with Crippen molar-refractivity contribution in [1.29, 1.82) is 0 Å². The lowest BCUT2D eigenvalue weighted by molar-refractivity contribution is -0.934. The summed E-state index contributed by atoms with van der Waals surface area (Å²) in [6.45, 7) is 7.53. The molecule has 2 aliphatic rings. The molecule has 0 spiro atoms. The zero-order valence-electron chi connectivity index (χ0n) is 10.7. The molecule has 2 rings (SSSR count). The Hall–Kier alpha value is -0.0400. The van der Waals surface area contributed by atoms with Crippen LogP contribution in [0.4, 0.5) is 0 Å². The molecule has 2 bridgehead atoms. The van der Waals surface area contributed by atoms with E-state index in [0.29, 0.717) is 11.0 Å². The molecule has 0 saturated heterocycles. The van der Waals surface area contributed by atoms with Gasteiger partial charge in [-0.15, -0.1) is 0 Å². The molecule has 2 fully saturated rings. The number of hydrogen-bond donors (Lipinski definition) is 0. The molecule has 0 N–H and O–H groups in total. The topological polar surface area (TPSA) is 0 Å². The summed E-state index contributed by atoms with van der Waals surface area (Å²) in [7, 11) is 7.13. The van der Waals surface area contributed by atoms with E-state index in [0.717, 1.165) is 16.3 Å². The molecular formula is C13H26N+. The van der Waals surface area contributed by atoms with Gasteiger partial charge in [0.15, 0.2) is 0 Å². The minimum atomic E-state index is 0.482. The van der Waals surface area contributed by atoms with Crippen LogP contribution in [-0.2, 0) is 0 Å². The van der Waals surface area contributed by atoms with Crippen molar-refractivity contribution in [3.05, 3.63) is 0 Å². The Balaban J connectivity index is 2.44. The molecule has 0 radical (unpaired) electrons. The number of rotatable bonds is 1. The van der Waals surface area contributed by atoms with Gasteiger partial charge < -0.3 is 4.48 Å². The largest absolute Gasteiger partial charge is 0.326 e. The molecule has 0 aliphatic heterocycles. The molecule has 0 aromatic rings. The highest BCUT2D eigenvalue weighted by atomic mass is 15.4. The van der Waals surface area contributed by atoms with Gasteiger partial charge in [-0.3, -0.25) is 0 Å². The zero-order chi connectivity index (χ0) is 10.8. The van der Waals surface area contributed by atoms with Gasteiger partial charge in [-0.25, -0.2) is 0 Å². The summed E-state index contributed by atoms with van der Waals surface area (Å²) in [5.41, 5.74) is 1.00. The van der Waals surface area contributed by atoms with Crippen LogP contribution in [0.2, 0.25) is 0 Å². The van der Waals surface area contributed by atoms with E-state index in [-0.39, 0.29) is 0 Å². The summed E-state index contributed by atoms with van der Waals surface area (Å²) in [6, 6.07) is 0. The summed E-state index contributed by atoms with van der Waals surface area (Å²) in [5, 5.41) is 0. The maximum atomic E-state index is 2.52. The van der Waals surface area contributed by atoms with Crippen LogP contribution in [0.1, 0.15) is 40.0 Å². The van der Waals surface area contributed by atoms with E-state index in [1.165, 1.54) is 19.3 Å². The number of fused-ring (bicyclic) bond motifs is 2. The van der Waals surface area contributed by atoms with Crippen LogP contribution in [0.3, 0.4) is 0 Å². The molecule has 0 amide bonds. The lowest BCUT2D eigenvalue weighted by Crippen LogP contribution is -2.65. The molecular weight excluding hydrogens is 170 g/mol. The third-order valence-electron chi connectivity index (χ3n) is 5.95. The monoisotopic (exact) mass is 196 g/mol. The fraction of sp³-hybridized carbons (Fsp3) is 1.00. The summed E-state index contributed by atoms with van der Waals surface area (Å²) in [6.07, 6.45) is 4.44. The Morgan fingerprint density at radius 2 is 1.43 bits per heavy atom. The highest BCUT2D eigenvalue weighted by Crippen LogP contribution is 2.64. The van der Waals surface area contributed by atoms with Gasteiger partial charge in [0.1, 0.15) is 5.54 Å². The molecule has 2 saturated carbocycles. The molecule has 1 heteroatoms. The van der Waals surface area contributed by atoms with Crippen LogP contribution in [0.15, 0.2) is 0 Å². The van der Waals surface area contributed by atoms with Gasteiger partial charge in [-0.1, -0.05) is 13.8 Å². The quantitative estimate of drug-likeness (QED) is 0.566. The van der Waals surface area contributed by atoms with Crippen molar-refractivity contribution in [2.24, 2.45) is 17.3 Å². The van der Waals surface area contributed by atoms with Gasteiger partial charge in [0.25, 0.3) is 0 Å². The average molecular weight is 196 g/mol. The molecule has 0 heterocycles. The first-order valence-electron chi connectivity index (χ1n) is 6.03. The molecule has 0 aromatic carbocycles. The highest BCUT2D eigenvalue weighted by Gasteiger charge is 2.66. The number of hydrogen-bond acceptors (Lipinski definition) is 0. The fourth-order valence-electron chi connectivity index (χ4n) is 4.50. The van der Waals surface area contributed by atoms with E-state index < -0.39 is 0 Å². The van der Waals surface area contributed by atoms with E-state index in [1.54, 1.807) is 0 Å². The summed E-state index contributed by atoms with van der Waals surface area (Å²) >= 11 is 0. The first-order chi connectivity index (χ1) is 6.21. The molecule has 1 nitrogen and oxygen atoms in total. The van der Waals surface area contributed by atoms with Crippen molar-refractivity contribution >= 4 is 0 Å². The van der Waals surface area contributed by atoms with E-state index in [2.05, 4.69) is 41.9 Å². The van der Waals surface area contributed by atoms with E-state index in [9.17, 15) is 0 Å². The molecule has 0 aromatic heterocycles. The minimum Gasteiger partial charge on any atom is -0.326 e. The maximum Gasteiger partial charge on any atom is 0.104 e. The zero-order valence-corrected chi connectivity index (χ0v) is 10.7. The van der Waals surface area contributed by atoms with Crippen LogP contribution in [-0.4, -0.2) is 31.2 Å². The summed E-state index contributed by atoms with van der Waals surface area (Å²) in [4.78, 5) is 0. The van der Waals surface area contributed by atoms with Gasteiger partial charge in [-0.05, 0) is 32.1 Å². The first kappa shape index (κ1) is 10.5. The second-order valence-electron chi connectivity index (χ2n) is 7.09. The standard InChI is InChI=1S/C13H26N/c1-12(2)10-7-8-11(9-10)13(12,3)14(4,5)6/h10-11H,7-9H2,1-6H3/q+1. The second-order valence-corrected chi connectivity index (χ2v) is 7.09. The minimum absolute atomic E-state index is 0.482. The molecule has 2 aliphatic carbocycles. The molecule has 3 unspecified atom stereocenters. The SMILES string of the molecule is CC1(C)C2CCC(C2)C1(C)[N+](C)(C)C. The lowest BCUT2D eigenvalue weighted by atomic mass is 9.62. The summed E-state index contributed by atoms with van der Waals surface area (Å²) < 4.78 is 1.13. The van der Waals surface area contributed by atoms with Crippen molar-refractivity contribution in [2.75, 3.05) is 21.1 Å². The van der Waals surface area contributed by atoms with Crippen LogP contribution < -0.4 is 0 Å². The Bertz CT molecular complexity index is 248. The number of nitrogens with zero attached hydrogens (tertiary/aromatic N) is 1. The molecule has 14 heavy (non-hydrogen) atoms. The van der Waals surface area contributed by atoms with Gasteiger partial charge in [-0.2, -0.15) is 0 Å². The molecule has 3 atom stereocenters. The van der Waals surface area contributed by atoms with Gasteiger partial charge in [0.2, 0.25) is 0 Å². The summed E-state index contributed by atoms with van der Waals surface area (Å²) in [5.74, 6) is 1.94. The van der Waals surface area contributed by atoms with E-state index in [1.807, 2.05) is 0 Å². The lowest BCUT2D eigenvalue weighted by Gasteiger charge is -2.55. The first-order valence-corrected chi connectivity index (χ1v) is 6.03. The van der Waals surface area contributed by atoms with Crippen molar-refractivity contribution < 1.29 is 4.48 Å². The van der Waals surface area contributed by atoms with Crippen molar-refractivity contribution in [3.8, 4) is 0 Å². The second kappa shape index (κ2) is 2.55. The van der Waals surface area contributed by atoms with Crippen molar-refractivity contribution in [1.82, 2.24) is 0 Å². The number of quaternary nitrogens is 1. The van der Waals surface area contributed by atoms with Gasteiger partial charge >= 0.3 is 0 Å². The predicted octanol–water partition coefficient (Wildman–Crippen LogP) is 2.91. The van der Waals surface area contributed by atoms with Gasteiger partial charge in [0.05, 0.1) is 21.1 Å². The Labute approximate surface area is 89.1 Å². The third-order valence-corrected chi connectivity index (χ3v) is 5.95. The highest BCUT2D eigenvalue weighted by molar-refractivity contribution is 5.10. The van der Waals surface area contributed by atoms with Crippen LogP contribution in [0, 0.1) is 17.3 Å². The van der Waals surface area contributed by atoms with Crippen molar-refractivity contribution in [2.45, 2.75) is 45.6 Å². The smallest absolute Gasteiger partial charge is 0.104 e. The fourth-order valence-corrected chi connectivity index (χ4v) is 4.50. The Morgan fingerprint density at radius 1 is 0.929 bits per heavy atom. The van der Waals surface area contributed by atoms with Crippen LogP contribution in [0.5, 0.6) is 0 Å². The Kier molecular flexibility index (Phi) is 1.91. The Morgan fingerprint density at radius 3 is 1.71 bits per heavy atom. The van der Waals surface area contributed by atoms with Gasteiger partial charge in [0, 0.05) is 11.3 Å². The van der Waals surface area contributed by atoms with Crippen LogP contribution >= 0.6 is 0 Å². The van der Waals surface area contributed by atoms with Crippen molar-refractivity contribution in [3.63, 3.8) is 0 Å². The predicted molar refractivity (Wildman–Crippen MR) is 61.0 cm³/mol. The van der Waals surface area contributed by atoms with E-state index in [4.69, 9.17) is 0 Å². The maximum absolute atomic E-state index is 2.52. The average Bonchev–Trinajstić information content (AvgIpc) is 2.52. The van der Waals surface area contributed by atoms with E-state index >= 15 is 0 Å². The normalized spacial score (nSPS) is 45.9. The third kappa shape index (κ3) is 0.946.